The van der Waals surface area contributed by atoms with Crippen LogP contribution in [0.2, 0.25) is 0 Å². The van der Waals surface area contributed by atoms with E-state index in [2.05, 4.69) is 387 Å². The van der Waals surface area contributed by atoms with Crippen LogP contribution in [0.5, 0.6) is 0 Å². The summed E-state index contributed by atoms with van der Waals surface area (Å²) >= 11 is 0. The summed E-state index contributed by atoms with van der Waals surface area (Å²) in [4.78, 5) is 21.2. The van der Waals surface area contributed by atoms with Crippen molar-refractivity contribution < 1.29 is 4.42 Å². The minimum Gasteiger partial charge on any atom is -0.435 e. The molecule has 6 nitrogen and oxygen atoms in total. The number of aromatic nitrogens is 5. The van der Waals surface area contributed by atoms with Crippen molar-refractivity contribution in [3.05, 3.63) is 394 Å². The molecule has 0 fully saturated rings. The quantitative estimate of drug-likeness (QED) is 0.135. The molecule has 0 bridgehead atoms. The molecule has 23 aromatic rings. The van der Waals surface area contributed by atoms with Crippen molar-refractivity contribution in [2.24, 2.45) is 0 Å². The van der Waals surface area contributed by atoms with E-state index in [4.69, 9.17) is 24.4 Å². The molecule has 23 rings (SSSR count). The third-order valence-electron chi connectivity index (χ3n) is 22.7. The zero-order chi connectivity index (χ0) is 73.7. The Morgan fingerprint density at radius 3 is 1.01 bits per heavy atom. The molecule has 0 spiro atoms. The highest BCUT2D eigenvalue weighted by atomic mass is 16.3. The summed E-state index contributed by atoms with van der Waals surface area (Å²) in [5.41, 5.74) is 22.2. The average Bonchev–Trinajstić information content (AvgIpc) is 1.11. The van der Waals surface area contributed by atoms with Gasteiger partial charge < -0.3 is 4.42 Å². The molecule has 0 atom stereocenters. The van der Waals surface area contributed by atoms with Crippen LogP contribution >= 0.6 is 0 Å². The van der Waals surface area contributed by atoms with Crippen LogP contribution in [-0.4, -0.2) is 24.5 Å². The van der Waals surface area contributed by atoms with Crippen LogP contribution in [0, 0.1) is 0 Å². The van der Waals surface area contributed by atoms with Crippen molar-refractivity contribution in [1.29, 1.82) is 0 Å². The summed E-state index contributed by atoms with van der Waals surface area (Å²) in [7, 11) is 0. The molecule has 0 aliphatic heterocycles. The van der Waals surface area contributed by atoms with Crippen LogP contribution in [-0.2, 0) is 0 Å². The lowest BCUT2D eigenvalue weighted by molar-refractivity contribution is 0.623. The minimum absolute atomic E-state index is 0.605. The number of hydrogen-bond donors (Lipinski definition) is 0. The maximum atomic E-state index is 6.59. The molecule has 0 amide bonds. The second kappa shape index (κ2) is 26.5. The molecule has 0 aliphatic carbocycles. The molecule has 520 valence electrons. The lowest BCUT2D eigenvalue weighted by Gasteiger charge is -2.17. The minimum atomic E-state index is 0.605. The van der Waals surface area contributed by atoms with E-state index in [9.17, 15) is 0 Å². The van der Waals surface area contributed by atoms with Gasteiger partial charge in [0.25, 0.3) is 0 Å². The van der Waals surface area contributed by atoms with Crippen molar-refractivity contribution in [1.82, 2.24) is 24.5 Å². The number of benzene rings is 19. The second-order valence-electron chi connectivity index (χ2n) is 29.0. The van der Waals surface area contributed by atoms with Crippen LogP contribution in [0.1, 0.15) is 0 Å². The highest BCUT2D eigenvalue weighted by Gasteiger charge is 2.24. The Balaban J connectivity index is 0.000000137. The van der Waals surface area contributed by atoms with Crippen molar-refractivity contribution in [2.75, 3.05) is 0 Å². The van der Waals surface area contributed by atoms with E-state index in [1.807, 2.05) is 12.1 Å². The molecule has 6 heteroatoms. The first-order valence-electron chi connectivity index (χ1n) is 38.2. The monoisotopic (exact) mass is 1420 g/mol. The highest BCUT2D eigenvalue weighted by Crippen LogP contribution is 2.47. The number of imidazole rings is 1. The molecule has 112 heavy (non-hydrogen) atoms. The van der Waals surface area contributed by atoms with E-state index in [0.29, 0.717) is 5.89 Å². The summed E-state index contributed by atoms with van der Waals surface area (Å²) in [6, 6.07) is 141. The van der Waals surface area contributed by atoms with E-state index in [1.165, 1.54) is 104 Å². The lowest BCUT2D eigenvalue weighted by atomic mass is 9.88. The van der Waals surface area contributed by atoms with Gasteiger partial charge in [-0.3, -0.25) is 4.57 Å². The molecule has 4 heterocycles. The normalized spacial score (nSPS) is 11.8. The van der Waals surface area contributed by atoms with Gasteiger partial charge in [-0.2, -0.15) is 0 Å². The topological polar surface area (TPSA) is 69.6 Å². The third-order valence-corrected chi connectivity index (χ3v) is 22.7. The zero-order valence-electron chi connectivity index (χ0n) is 60.7. The molecule has 0 unspecified atom stereocenters. The summed E-state index contributed by atoms with van der Waals surface area (Å²) < 4.78 is 8.84. The predicted molar refractivity (Wildman–Crippen MR) is 469 cm³/mol. The molecular formula is C106H65N5O. The predicted octanol–water partition coefficient (Wildman–Crippen LogP) is 28.5. The third kappa shape index (κ3) is 10.7. The van der Waals surface area contributed by atoms with Crippen molar-refractivity contribution >= 4 is 130 Å². The number of pyridine rings is 2. The molecule has 19 aromatic carbocycles. The maximum absolute atomic E-state index is 6.59. The Morgan fingerprint density at radius 1 is 0.205 bits per heavy atom. The molecule has 0 saturated carbocycles. The van der Waals surface area contributed by atoms with Gasteiger partial charge >= 0.3 is 0 Å². The van der Waals surface area contributed by atoms with E-state index in [1.54, 1.807) is 0 Å². The van der Waals surface area contributed by atoms with Crippen LogP contribution in [0.25, 0.3) is 226 Å². The van der Waals surface area contributed by atoms with Gasteiger partial charge in [-0.1, -0.05) is 334 Å². The Bertz CT molecular complexity index is 7660. The van der Waals surface area contributed by atoms with Crippen LogP contribution in [0.4, 0.5) is 0 Å². The first-order valence-corrected chi connectivity index (χ1v) is 38.2. The summed E-state index contributed by atoms with van der Waals surface area (Å²) in [5, 5.41) is 21.2. The Hall–Kier alpha value is -15.0. The Morgan fingerprint density at radius 2 is 0.545 bits per heavy atom. The average molecular weight is 1420 g/mol. The van der Waals surface area contributed by atoms with Crippen molar-refractivity contribution in [3.8, 4) is 95.6 Å². The second-order valence-corrected chi connectivity index (χ2v) is 29.0. The Kier molecular flexibility index (Phi) is 15.2. The fourth-order valence-corrected chi connectivity index (χ4v) is 17.4. The highest BCUT2D eigenvalue weighted by molar-refractivity contribution is 6.24. The fourth-order valence-electron chi connectivity index (χ4n) is 17.4. The number of oxazole rings is 1. The molecular weight excluding hydrogens is 1360 g/mol. The van der Waals surface area contributed by atoms with Gasteiger partial charge in [-0.15, -0.1) is 0 Å². The molecule has 0 saturated heterocycles. The van der Waals surface area contributed by atoms with Gasteiger partial charge in [0.1, 0.15) is 11.3 Å². The Labute approximate surface area is 644 Å². The summed E-state index contributed by atoms with van der Waals surface area (Å²) in [5.74, 6) is 1.52. The van der Waals surface area contributed by atoms with Gasteiger partial charge in [-0.25, -0.2) is 19.9 Å². The van der Waals surface area contributed by atoms with E-state index < -0.39 is 0 Å². The summed E-state index contributed by atoms with van der Waals surface area (Å²) in [6.45, 7) is 0. The van der Waals surface area contributed by atoms with Gasteiger partial charge in [-0.05, 0) is 170 Å². The number of para-hydroxylation sites is 3. The number of nitrogens with zero attached hydrogens (tertiary/aromatic N) is 5. The van der Waals surface area contributed by atoms with Crippen LogP contribution < -0.4 is 0 Å². The first-order chi connectivity index (χ1) is 55.5. The van der Waals surface area contributed by atoms with Crippen LogP contribution in [0.15, 0.2) is 399 Å². The van der Waals surface area contributed by atoms with Gasteiger partial charge in [0.15, 0.2) is 5.58 Å². The van der Waals surface area contributed by atoms with Gasteiger partial charge in [0, 0.05) is 60.3 Å². The van der Waals surface area contributed by atoms with E-state index >= 15 is 0 Å². The molecule has 0 aliphatic rings. The van der Waals surface area contributed by atoms with Gasteiger partial charge in [0.2, 0.25) is 5.89 Å². The first kappa shape index (κ1) is 64.2. The standard InChI is InChI=1S/C54H32N2O.C52H33N3/c1-3-17-37-33(13-1)15-11-25-39(37)47-31-49-48(40-26-12-16-34-14-2-4-18-38(34)40)32-50(55-51(49)44-22-8-6-21-43(44)47)35-27-29-36(30-28-35)54-56-52-45-23-9-5-19-41(45)42-20-7-10-24-46(42)53(52)57-54;1-2-18-38(19-3-1)55-50-27-11-10-26-48(50)54-52(55)37-30-28-36(29-31-37)49-33-46(42-25-13-17-35-15-5-7-21-40(35)42)47-32-45(43-22-8-9-23-44(43)51(47)53-49)41-24-12-16-34-14-4-6-20-39(34)41/h1-32H;1-33H. The number of rotatable bonds is 9. The van der Waals surface area contributed by atoms with E-state index in [0.717, 1.165) is 116 Å². The number of hydrogen-bond acceptors (Lipinski definition) is 5. The smallest absolute Gasteiger partial charge is 0.227 e. The molecule has 0 radical (unpaired) electrons. The fraction of sp³-hybridized carbons (Fsp3) is 0. The largest absolute Gasteiger partial charge is 0.435 e. The lowest BCUT2D eigenvalue weighted by Crippen LogP contribution is -1.97. The van der Waals surface area contributed by atoms with Crippen molar-refractivity contribution in [3.63, 3.8) is 0 Å². The molecule has 4 aromatic heterocycles. The van der Waals surface area contributed by atoms with Crippen molar-refractivity contribution in [2.45, 2.75) is 0 Å². The van der Waals surface area contributed by atoms with E-state index in [-0.39, 0.29) is 0 Å². The summed E-state index contributed by atoms with van der Waals surface area (Å²) in [6.07, 6.45) is 0. The maximum Gasteiger partial charge on any atom is 0.227 e. The van der Waals surface area contributed by atoms with Crippen LogP contribution in [0.3, 0.4) is 0 Å². The SMILES string of the molecule is c1ccc(-n2c(-c3ccc(-c4cc(-c5cccc6ccccc56)c5cc(-c6cccc7ccccc67)c6ccccc6c5n4)cc3)nc3ccccc32)cc1.c1ccc2c(-c3cc4c(-c5cccc6ccccc56)cc(-c5ccc(-c6nc7c8ccccc8c8ccccc8c7o6)cc5)nc4c4ccccc34)cccc2c1. The molecule has 0 N–H and O–H groups in total. The number of fused-ring (bicyclic) bond motifs is 17. The zero-order valence-corrected chi connectivity index (χ0v) is 60.7. The van der Waals surface area contributed by atoms with Gasteiger partial charge in [0.05, 0.1) is 33.5 Å².